The molecule has 0 radical (unpaired) electrons. The molecule has 3 rings (SSSR count). The third-order valence-electron chi connectivity index (χ3n) is 5.30. The normalized spacial score (nSPS) is 22.8. The maximum absolute atomic E-state index is 12.5. The van der Waals surface area contributed by atoms with Gasteiger partial charge in [-0.2, -0.15) is 0 Å². The van der Waals surface area contributed by atoms with Gasteiger partial charge in [0.15, 0.2) is 0 Å². The minimum Gasteiger partial charge on any atom is -0.345 e. The number of urea groups is 1. The quantitative estimate of drug-likeness (QED) is 0.927. The molecular formula is C19H27N3O2. The summed E-state index contributed by atoms with van der Waals surface area (Å²) in [5.41, 5.74) is 1.68. The van der Waals surface area contributed by atoms with E-state index in [9.17, 15) is 9.59 Å². The molecule has 1 aliphatic heterocycles. The van der Waals surface area contributed by atoms with Gasteiger partial charge >= 0.3 is 6.03 Å². The zero-order valence-corrected chi connectivity index (χ0v) is 14.6. The summed E-state index contributed by atoms with van der Waals surface area (Å²) in [7, 11) is 3.48. The second kappa shape index (κ2) is 7.24. The Labute approximate surface area is 144 Å². The van der Waals surface area contributed by atoms with Gasteiger partial charge in [-0.05, 0) is 49.3 Å². The lowest BCUT2D eigenvalue weighted by atomic mass is 9.92. The van der Waals surface area contributed by atoms with Crippen LogP contribution in [0.2, 0.25) is 0 Å². The Kier molecular flexibility index (Phi) is 5.07. The summed E-state index contributed by atoms with van der Waals surface area (Å²) in [5.74, 6) is 0.701. The van der Waals surface area contributed by atoms with Gasteiger partial charge in [0.05, 0.1) is 0 Å². The highest BCUT2D eigenvalue weighted by atomic mass is 16.2. The number of benzene rings is 1. The first-order valence-corrected chi connectivity index (χ1v) is 8.91. The molecule has 2 atom stereocenters. The van der Waals surface area contributed by atoms with Gasteiger partial charge in [0.25, 0.3) is 5.91 Å². The standard InChI is InChI=1S/C19H27N3O2/c1-21(2)18(23)16-10-8-14(9-11-16)13-20-19(24)22-12-4-6-15-5-3-7-17(15)22/h8-11,15,17H,3-7,12-13H2,1-2H3,(H,20,24)/t15-,17+/m1/s1. The average Bonchev–Trinajstić information content (AvgIpc) is 3.08. The number of nitrogens with one attached hydrogen (secondary N) is 1. The summed E-state index contributed by atoms with van der Waals surface area (Å²) in [6.07, 6.45) is 6.07. The molecule has 1 saturated heterocycles. The monoisotopic (exact) mass is 329 g/mol. The molecule has 130 valence electrons. The van der Waals surface area contributed by atoms with Crippen LogP contribution in [0.15, 0.2) is 24.3 Å². The predicted molar refractivity (Wildman–Crippen MR) is 93.8 cm³/mol. The first-order chi connectivity index (χ1) is 11.6. The van der Waals surface area contributed by atoms with Crippen LogP contribution < -0.4 is 5.32 Å². The molecule has 2 aliphatic rings. The van der Waals surface area contributed by atoms with E-state index in [-0.39, 0.29) is 11.9 Å². The van der Waals surface area contributed by atoms with E-state index in [2.05, 4.69) is 5.32 Å². The molecule has 24 heavy (non-hydrogen) atoms. The van der Waals surface area contributed by atoms with Crippen molar-refractivity contribution in [3.63, 3.8) is 0 Å². The van der Waals surface area contributed by atoms with Gasteiger partial charge < -0.3 is 15.1 Å². The zero-order valence-electron chi connectivity index (χ0n) is 14.6. The minimum atomic E-state index is -0.00817. The number of hydrogen-bond donors (Lipinski definition) is 1. The van der Waals surface area contributed by atoms with Crippen molar-refractivity contribution in [2.45, 2.75) is 44.7 Å². The third kappa shape index (κ3) is 3.55. The van der Waals surface area contributed by atoms with Gasteiger partial charge in [-0.15, -0.1) is 0 Å². The van der Waals surface area contributed by atoms with E-state index in [1.807, 2.05) is 29.2 Å². The van der Waals surface area contributed by atoms with Crippen molar-refractivity contribution in [3.8, 4) is 0 Å². The van der Waals surface area contributed by atoms with Crippen LogP contribution in [0, 0.1) is 5.92 Å². The lowest BCUT2D eigenvalue weighted by Crippen LogP contribution is -2.50. The molecule has 0 bridgehead atoms. The summed E-state index contributed by atoms with van der Waals surface area (Å²) >= 11 is 0. The molecule has 1 aromatic rings. The molecule has 1 aliphatic carbocycles. The Hall–Kier alpha value is -2.04. The molecule has 0 spiro atoms. The molecule has 5 heteroatoms. The van der Waals surface area contributed by atoms with Crippen LogP contribution in [0.3, 0.4) is 0 Å². The lowest BCUT2D eigenvalue weighted by molar-refractivity contribution is 0.0827. The van der Waals surface area contributed by atoms with E-state index < -0.39 is 0 Å². The van der Waals surface area contributed by atoms with E-state index in [1.165, 1.54) is 19.3 Å². The highest BCUT2D eigenvalue weighted by Crippen LogP contribution is 2.36. The molecule has 0 unspecified atom stereocenters. The summed E-state index contributed by atoms with van der Waals surface area (Å²) < 4.78 is 0. The van der Waals surface area contributed by atoms with Gasteiger partial charge in [0.2, 0.25) is 0 Å². The number of hydrogen-bond acceptors (Lipinski definition) is 2. The molecule has 1 N–H and O–H groups in total. The van der Waals surface area contributed by atoms with Crippen molar-refractivity contribution in [2.24, 2.45) is 5.92 Å². The molecule has 3 amide bonds. The van der Waals surface area contributed by atoms with Gasteiger partial charge in [-0.25, -0.2) is 4.79 Å². The molecule has 5 nitrogen and oxygen atoms in total. The van der Waals surface area contributed by atoms with Crippen molar-refractivity contribution in [2.75, 3.05) is 20.6 Å². The Bertz CT molecular complexity index is 597. The number of likely N-dealkylation sites (tertiary alicyclic amines) is 1. The fourth-order valence-corrected chi connectivity index (χ4v) is 4.01. The Morgan fingerprint density at radius 2 is 1.83 bits per heavy atom. The maximum atomic E-state index is 12.5. The smallest absolute Gasteiger partial charge is 0.317 e. The zero-order chi connectivity index (χ0) is 17.1. The van der Waals surface area contributed by atoms with Crippen LogP contribution in [-0.2, 0) is 6.54 Å². The number of amides is 3. The number of nitrogens with zero attached hydrogens (tertiary/aromatic N) is 2. The van der Waals surface area contributed by atoms with Gasteiger partial charge in [0, 0.05) is 38.8 Å². The van der Waals surface area contributed by atoms with Crippen LogP contribution in [0.5, 0.6) is 0 Å². The minimum absolute atomic E-state index is 0.00817. The van der Waals surface area contributed by atoms with Crippen molar-refractivity contribution >= 4 is 11.9 Å². The molecule has 0 aromatic heterocycles. The lowest BCUT2D eigenvalue weighted by Gasteiger charge is -2.37. The number of carbonyl (C=O) groups excluding carboxylic acids is 2. The number of piperidine rings is 1. The second-order valence-electron chi connectivity index (χ2n) is 7.15. The molecular weight excluding hydrogens is 302 g/mol. The van der Waals surface area contributed by atoms with Crippen LogP contribution in [0.25, 0.3) is 0 Å². The first-order valence-electron chi connectivity index (χ1n) is 8.91. The SMILES string of the molecule is CN(C)C(=O)c1ccc(CNC(=O)N2CCC[C@H]3CCC[C@@H]32)cc1. The van der Waals surface area contributed by atoms with E-state index in [1.54, 1.807) is 19.0 Å². The average molecular weight is 329 g/mol. The van der Waals surface area contributed by atoms with Gasteiger partial charge in [0.1, 0.15) is 0 Å². The third-order valence-corrected chi connectivity index (χ3v) is 5.30. The Morgan fingerprint density at radius 1 is 1.12 bits per heavy atom. The number of rotatable bonds is 3. The summed E-state index contributed by atoms with van der Waals surface area (Å²) in [5, 5.41) is 3.04. The highest BCUT2D eigenvalue weighted by molar-refractivity contribution is 5.93. The number of carbonyl (C=O) groups is 2. The van der Waals surface area contributed by atoms with E-state index in [0.29, 0.717) is 24.1 Å². The first kappa shape index (κ1) is 16.8. The van der Waals surface area contributed by atoms with Crippen molar-refractivity contribution in [1.82, 2.24) is 15.1 Å². The molecule has 1 saturated carbocycles. The fourth-order valence-electron chi connectivity index (χ4n) is 4.01. The van der Waals surface area contributed by atoms with Crippen LogP contribution in [0.1, 0.15) is 48.0 Å². The van der Waals surface area contributed by atoms with Crippen LogP contribution in [0.4, 0.5) is 4.79 Å². The van der Waals surface area contributed by atoms with Crippen LogP contribution >= 0.6 is 0 Å². The Balaban J connectivity index is 1.55. The predicted octanol–water partition coefficient (Wildman–Crippen LogP) is 2.86. The summed E-state index contributed by atoms with van der Waals surface area (Å²) in [6, 6.07) is 7.95. The van der Waals surface area contributed by atoms with Gasteiger partial charge in [-0.3, -0.25) is 4.79 Å². The fraction of sp³-hybridized carbons (Fsp3) is 0.579. The number of fused-ring (bicyclic) bond motifs is 1. The van der Waals surface area contributed by atoms with Crippen molar-refractivity contribution < 1.29 is 9.59 Å². The van der Waals surface area contributed by atoms with Crippen molar-refractivity contribution in [1.29, 1.82) is 0 Å². The molecule has 1 heterocycles. The second-order valence-corrected chi connectivity index (χ2v) is 7.15. The summed E-state index contributed by atoms with van der Waals surface area (Å²) in [4.78, 5) is 28.0. The van der Waals surface area contributed by atoms with Crippen LogP contribution in [-0.4, -0.2) is 48.4 Å². The van der Waals surface area contributed by atoms with Gasteiger partial charge in [-0.1, -0.05) is 18.6 Å². The highest BCUT2D eigenvalue weighted by Gasteiger charge is 2.37. The summed E-state index contributed by atoms with van der Waals surface area (Å²) in [6.45, 7) is 1.38. The molecule has 2 fully saturated rings. The Morgan fingerprint density at radius 3 is 2.54 bits per heavy atom. The van der Waals surface area contributed by atoms with E-state index >= 15 is 0 Å². The molecule has 1 aromatic carbocycles. The van der Waals surface area contributed by atoms with E-state index in [4.69, 9.17) is 0 Å². The topological polar surface area (TPSA) is 52.7 Å². The van der Waals surface area contributed by atoms with E-state index in [0.717, 1.165) is 24.9 Å². The van der Waals surface area contributed by atoms with Crippen molar-refractivity contribution in [3.05, 3.63) is 35.4 Å². The largest absolute Gasteiger partial charge is 0.345 e. The maximum Gasteiger partial charge on any atom is 0.317 e.